The minimum atomic E-state index is -0.295. The van der Waals surface area contributed by atoms with E-state index in [0.717, 1.165) is 16.7 Å². The van der Waals surface area contributed by atoms with Gasteiger partial charge in [-0.3, -0.25) is 10.1 Å². The molecule has 0 saturated heterocycles. The first-order chi connectivity index (χ1) is 7.43. The van der Waals surface area contributed by atoms with Crippen LogP contribution in [0.2, 0.25) is 0 Å². The maximum absolute atomic E-state index is 10.9. The molecule has 0 heterocycles. The van der Waals surface area contributed by atoms with Crippen LogP contribution in [0.25, 0.3) is 6.08 Å². The van der Waals surface area contributed by atoms with Crippen LogP contribution in [0.3, 0.4) is 0 Å². The Morgan fingerprint density at radius 3 is 2.19 bits per heavy atom. The van der Waals surface area contributed by atoms with Gasteiger partial charge in [-0.1, -0.05) is 32.0 Å². The largest absolute Gasteiger partial charge is 0.259 e. The highest BCUT2D eigenvalue weighted by atomic mass is 16.6. The molecule has 1 aromatic carbocycles. The summed E-state index contributed by atoms with van der Waals surface area (Å²) in [5, 5.41) is 10.9. The summed E-state index contributed by atoms with van der Waals surface area (Å²) in [4.78, 5) is 10.6. The van der Waals surface area contributed by atoms with Crippen molar-refractivity contribution in [2.75, 3.05) is 0 Å². The Labute approximate surface area is 95.9 Å². The van der Waals surface area contributed by atoms with E-state index >= 15 is 0 Å². The summed E-state index contributed by atoms with van der Waals surface area (Å²) in [6.45, 7) is 7.61. The minimum absolute atomic E-state index is 0.0750. The number of rotatable bonds is 3. The normalized spacial score (nSPS) is 11.9. The molecule has 86 valence electrons. The zero-order chi connectivity index (χ0) is 12.3. The SMILES string of the molecule is Cc1cccc(C)c1/C=C(/C(C)C)[N+](=O)[O-]. The maximum Gasteiger partial charge on any atom is 0.249 e. The number of nitrogens with zero attached hydrogens (tertiary/aromatic N) is 1. The number of benzene rings is 1. The predicted molar refractivity (Wildman–Crippen MR) is 65.7 cm³/mol. The lowest BCUT2D eigenvalue weighted by Crippen LogP contribution is -2.06. The van der Waals surface area contributed by atoms with Crippen molar-refractivity contribution in [3.8, 4) is 0 Å². The lowest BCUT2D eigenvalue weighted by molar-refractivity contribution is -0.431. The van der Waals surface area contributed by atoms with Gasteiger partial charge in [-0.15, -0.1) is 0 Å². The summed E-state index contributed by atoms with van der Waals surface area (Å²) in [6.07, 6.45) is 1.69. The van der Waals surface area contributed by atoms with Crippen molar-refractivity contribution < 1.29 is 4.92 Å². The average molecular weight is 219 g/mol. The topological polar surface area (TPSA) is 43.1 Å². The van der Waals surface area contributed by atoms with Crippen molar-refractivity contribution in [1.82, 2.24) is 0 Å². The Bertz CT molecular complexity index is 413. The monoisotopic (exact) mass is 219 g/mol. The number of aryl methyl sites for hydroxylation is 2. The zero-order valence-corrected chi connectivity index (χ0v) is 10.2. The van der Waals surface area contributed by atoms with Crippen LogP contribution in [-0.4, -0.2) is 4.92 Å². The van der Waals surface area contributed by atoms with Crippen LogP contribution in [0, 0.1) is 29.9 Å². The van der Waals surface area contributed by atoms with E-state index in [0.29, 0.717) is 0 Å². The molecule has 3 heteroatoms. The molecule has 0 unspecified atom stereocenters. The van der Waals surface area contributed by atoms with Gasteiger partial charge in [0.1, 0.15) is 0 Å². The first-order valence-corrected chi connectivity index (χ1v) is 5.35. The molecule has 0 aliphatic carbocycles. The number of allylic oxidation sites excluding steroid dienone is 1. The Hall–Kier alpha value is -1.64. The second-order valence-electron chi connectivity index (χ2n) is 4.29. The molecular formula is C13H17NO2. The van der Waals surface area contributed by atoms with Crippen LogP contribution in [0.15, 0.2) is 23.9 Å². The lowest BCUT2D eigenvalue weighted by atomic mass is 9.99. The van der Waals surface area contributed by atoms with Gasteiger partial charge < -0.3 is 0 Å². The molecule has 0 bridgehead atoms. The van der Waals surface area contributed by atoms with Gasteiger partial charge in [0.2, 0.25) is 5.70 Å². The summed E-state index contributed by atoms with van der Waals surface area (Å²) in [7, 11) is 0. The molecule has 0 aromatic heterocycles. The molecule has 16 heavy (non-hydrogen) atoms. The fraction of sp³-hybridized carbons (Fsp3) is 0.385. The second kappa shape index (κ2) is 4.92. The standard InChI is InChI=1S/C13H17NO2/c1-9(2)13(14(15)16)8-12-10(3)6-5-7-11(12)4/h5-9H,1-4H3/b13-8-. The third kappa shape index (κ3) is 2.69. The van der Waals surface area contributed by atoms with Crippen molar-refractivity contribution >= 4 is 6.08 Å². The Morgan fingerprint density at radius 1 is 1.31 bits per heavy atom. The molecule has 0 N–H and O–H groups in total. The Balaban J connectivity index is 3.28. The summed E-state index contributed by atoms with van der Waals surface area (Å²) in [6, 6.07) is 5.90. The van der Waals surface area contributed by atoms with Crippen LogP contribution in [0.1, 0.15) is 30.5 Å². The molecule has 1 aromatic rings. The highest BCUT2D eigenvalue weighted by molar-refractivity contribution is 5.59. The van der Waals surface area contributed by atoms with E-state index in [1.165, 1.54) is 0 Å². The zero-order valence-electron chi connectivity index (χ0n) is 10.2. The van der Waals surface area contributed by atoms with Crippen LogP contribution < -0.4 is 0 Å². The van der Waals surface area contributed by atoms with Crippen molar-refractivity contribution in [3.63, 3.8) is 0 Å². The van der Waals surface area contributed by atoms with E-state index in [-0.39, 0.29) is 16.5 Å². The summed E-state index contributed by atoms with van der Waals surface area (Å²) >= 11 is 0. The molecule has 0 saturated carbocycles. The molecule has 0 amide bonds. The van der Waals surface area contributed by atoms with Gasteiger partial charge in [-0.05, 0) is 30.5 Å². The summed E-state index contributed by atoms with van der Waals surface area (Å²) < 4.78 is 0. The first-order valence-electron chi connectivity index (χ1n) is 5.35. The van der Waals surface area contributed by atoms with Crippen LogP contribution in [0.4, 0.5) is 0 Å². The van der Waals surface area contributed by atoms with Crippen LogP contribution in [-0.2, 0) is 0 Å². The number of hydrogen-bond donors (Lipinski definition) is 0. The third-order valence-electron chi connectivity index (χ3n) is 2.64. The van der Waals surface area contributed by atoms with Gasteiger partial charge in [0.15, 0.2) is 0 Å². The fourth-order valence-corrected chi connectivity index (χ4v) is 1.63. The lowest BCUT2D eigenvalue weighted by Gasteiger charge is -2.06. The van der Waals surface area contributed by atoms with E-state index in [1.807, 2.05) is 45.9 Å². The van der Waals surface area contributed by atoms with Gasteiger partial charge in [0.25, 0.3) is 0 Å². The molecular weight excluding hydrogens is 202 g/mol. The van der Waals surface area contributed by atoms with E-state index in [2.05, 4.69) is 0 Å². The van der Waals surface area contributed by atoms with Crippen LogP contribution in [0.5, 0.6) is 0 Å². The molecule has 3 nitrogen and oxygen atoms in total. The maximum atomic E-state index is 10.9. The smallest absolute Gasteiger partial charge is 0.249 e. The van der Waals surface area contributed by atoms with E-state index in [1.54, 1.807) is 6.08 Å². The van der Waals surface area contributed by atoms with Crippen molar-refractivity contribution in [1.29, 1.82) is 0 Å². The van der Waals surface area contributed by atoms with Gasteiger partial charge in [0.05, 0.1) is 4.92 Å². The minimum Gasteiger partial charge on any atom is -0.259 e. The quantitative estimate of drug-likeness (QED) is 0.576. The predicted octanol–water partition coefficient (Wildman–Crippen LogP) is 3.58. The van der Waals surface area contributed by atoms with E-state index in [4.69, 9.17) is 0 Å². The molecule has 0 fully saturated rings. The van der Waals surface area contributed by atoms with Gasteiger partial charge in [-0.25, -0.2) is 0 Å². The highest BCUT2D eigenvalue weighted by Gasteiger charge is 2.16. The fourth-order valence-electron chi connectivity index (χ4n) is 1.63. The van der Waals surface area contributed by atoms with Crippen molar-refractivity contribution in [3.05, 3.63) is 50.7 Å². The molecule has 0 spiro atoms. The Kier molecular flexibility index (Phi) is 3.82. The van der Waals surface area contributed by atoms with Crippen molar-refractivity contribution in [2.45, 2.75) is 27.7 Å². The summed E-state index contributed by atoms with van der Waals surface area (Å²) in [5.74, 6) is -0.0750. The highest BCUT2D eigenvalue weighted by Crippen LogP contribution is 2.20. The summed E-state index contributed by atoms with van der Waals surface area (Å²) in [5.41, 5.74) is 3.36. The molecule has 1 rings (SSSR count). The van der Waals surface area contributed by atoms with Crippen LogP contribution >= 0.6 is 0 Å². The molecule has 0 aliphatic heterocycles. The van der Waals surface area contributed by atoms with Gasteiger partial charge in [0, 0.05) is 12.0 Å². The molecule has 0 atom stereocenters. The second-order valence-corrected chi connectivity index (χ2v) is 4.29. The van der Waals surface area contributed by atoms with E-state index in [9.17, 15) is 10.1 Å². The van der Waals surface area contributed by atoms with Gasteiger partial charge in [-0.2, -0.15) is 0 Å². The number of hydrogen-bond acceptors (Lipinski definition) is 2. The Morgan fingerprint density at radius 2 is 1.81 bits per heavy atom. The number of nitro groups is 1. The van der Waals surface area contributed by atoms with E-state index < -0.39 is 0 Å². The molecule has 0 aliphatic rings. The van der Waals surface area contributed by atoms with Gasteiger partial charge >= 0.3 is 0 Å². The third-order valence-corrected chi connectivity index (χ3v) is 2.64. The average Bonchev–Trinajstić information content (AvgIpc) is 2.15. The van der Waals surface area contributed by atoms with Crippen molar-refractivity contribution in [2.24, 2.45) is 5.92 Å². The molecule has 0 radical (unpaired) electrons. The first kappa shape index (κ1) is 12.4.